The van der Waals surface area contributed by atoms with E-state index in [1.165, 1.54) is 5.56 Å². The van der Waals surface area contributed by atoms with Crippen LogP contribution in [0, 0.1) is 0 Å². The lowest BCUT2D eigenvalue weighted by Gasteiger charge is -2.29. The highest BCUT2D eigenvalue weighted by Gasteiger charge is 2.25. The van der Waals surface area contributed by atoms with Gasteiger partial charge in [0.15, 0.2) is 0 Å². The second-order valence-corrected chi connectivity index (χ2v) is 7.97. The molecule has 1 N–H and O–H groups in total. The van der Waals surface area contributed by atoms with Gasteiger partial charge in [0, 0.05) is 45.2 Å². The van der Waals surface area contributed by atoms with Crippen molar-refractivity contribution in [3.8, 4) is 0 Å². The number of rotatable bonds is 6. The first-order valence-electron chi connectivity index (χ1n) is 10.4. The van der Waals surface area contributed by atoms with Gasteiger partial charge in [-0.1, -0.05) is 13.8 Å². The number of ether oxygens (including phenoxy) is 1. The molecule has 8 nitrogen and oxygen atoms in total. The molecular formula is C21H30N6O2. The third kappa shape index (κ3) is 4.07. The molecule has 2 aromatic rings. The van der Waals surface area contributed by atoms with Gasteiger partial charge in [-0.15, -0.1) is 0 Å². The maximum atomic E-state index is 11.9. The second-order valence-electron chi connectivity index (χ2n) is 7.97. The number of hydrogen-bond donors (Lipinski definition) is 1. The minimum absolute atomic E-state index is 0.180. The van der Waals surface area contributed by atoms with Gasteiger partial charge in [0.25, 0.3) is 0 Å². The van der Waals surface area contributed by atoms with E-state index in [9.17, 15) is 4.79 Å². The SMILES string of the molecule is CC(C)c1nn(C)c(N2CCOCC2)c1CNc1ccc(N2CCCC2=O)cn1. The zero-order valence-electron chi connectivity index (χ0n) is 17.5. The quantitative estimate of drug-likeness (QED) is 0.806. The molecule has 156 valence electrons. The van der Waals surface area contributed by atoms with E-state index in [0.717, 1.165) is 62.3 Å². The molecule has 2 aliphatic rings. The summed E-state index contributed by atoms with van der Waals surface area (Å²) in [5, 5.41) is 8.25. The fourth-order valence-corrected chi connectivity index (χ4v) is 4.13. The number of anilines is 3. The zero-order valence-corrected chi connectivity index (χ0v) is 17.5. The molecular weight excluding hydrogens is 368 g/mol. The van der Waals surface area contributed by atoms with Crippen LogP contribution in [0.25, 0.3) is 0 Å². The molecule has 0 saturated carbocycles. The maximum absolute atomic E-state index is 11.9. The van der Waals surface area contributed by atoms with Gasteiger partial charge in [0.2, 0.25) is 5.91 Å². The summed E-state index contributed by atoms with van der Waals surface area (Å²) in [4.78, 5) is 20.6. The van der Waals surface area contributed by atoms with E-state index >= 15 is 0 Å². The Bertz CT molecular complexity index is 855. The van der Waals surface area contributed by atoms with Gasteiger partial charge in [-0.2, -0.15) is 5.10 Å². The number of pyridine rings is 1. The molecule has 4 rings (SSSR count). The van der Waals surface area contributed by atoms with Crippen LogP contribution in [0.4, 0.5) is 17.3 Å². The van der Waals surface area contributed by atoms with Crippen LogP contribution >= 0.6 is 0 Å². The average molecular weight is 399 g/mol. The smallest absolute Gasteiger partial charge is 0.227 e. The van der Waals surface area contributed by atoms with Crippen LogP contribution in [-0.4, -0.2) is 53.5 Å². The number of morpholine rings is 1. The van der Waals surface area contributed by atoms with Crippen molar-refractivity contribution in [1.29, 1.82) is 0 Å². The molecule has 0 unspecified atom stereocenters. The molecule has 1 amide bonds. The number of hydrogen-bond acceptors (Lipinski definition) is 6. The van der Waals surface area contributed by atoms with Crippen LogP contribution in [0.1, 0.15) is 43.9 Å². The topological polar surface area (TPSA) is 75.5 Å². The van der Waals surface area contributed by atoms with Crippen LogP contribution in [0.15, 0.2) is 18.3 Å². The molecule has 4 heterocycles. The number of amides is 1. The Morgan fingerprint density at radius 1 is 1.21 bits per heavy atom. The summed E-state index contributed by atoms with van der Waals surface area (Å²) >= 11 is 0. The number of aryl methyl sites for hydroxylation is 1. The lowest BCUT2D eigenvalue weighted by atomic mass is 10.0. The summed E-state index contributed by atoms with van der Waals surface area (Å²) in [5.74, 6) is 2.47. The molecule has 0 spiro atoms. The molecule has 0 bridgehead atoms. The predicted molar refractivity (Wildman–Crippen MR) is 113 cm³/mol. The highest BCUT2D eigenvalue weighted by molar-refractivity contribution is 5.95. The Kier molecular flexibility index (Phi) is 5.71. The van der Waals surface area contributed by atoms with Crippen LogP contribution in [0.5, 0.6) is 0 Å². The summed E-state index contributed by atoms with van der Waals surface area (Å²) in [7, 11) is 2.01. The van der Waals surface area contributed by atoms with Crippen molar-refractivity contribution in [2.75, 3.05) is 48.0 Å². The number of carbonyl (C=O) groups is 1. The van der Waals surface area contributed by atoms with Crippen LogP contribution < -0.4 is 15.1 Å². The van der Waals surface area contributed by atoms with Gasteiger partial charge >= 0.3 is 0 Å². The number of carbonyl (C=O) groups excluding carboxylic acids is 1. The van der Waals surface area contributed by atoms with Gasteiger partial charge < -0.3 is 19.9 Å². The van der Waals surface area contributed by atoms with Gasteiger partial charge in [-0.05, 0) is 24.5 Å². The van der Waals surface area contributed by atoms with Gasteiger partial charge in [-0.3, -0.25) is 9.48 Å². The minimum atomic E-state index is 0.180. The lowest BCUT2D eigenvalue weighted by molar-refractivity contribution is -0.117. The zero-order chi connectivity index (χ0) is 20.4. The molecule has 2 aliphatic heterocycles. The van der Waals surface area contributed by atoms with Crippen LogP contribution in [0.3, 0.4) is 0 Å². The fourth-order valence-electron chi connectivity index (χ4n) is 4.13. The Morgan fingerprint density at radius 2 is 2.00 bits per heavy atom. The molecule has 0 aromatic carbocycles. The van der Waals surface area contributed by atoms with E-state index in [4.69, 9.17) is 9.84 Å². The van der Waals surface area contributed by atoms with Crippen LogP contribution in [0.2, 0.25) is 0 Å². The summed E-state index contributed by atoms with van der Waals surface area (Å²) in [6, 6.07) is 3.91. The van der Waals surface area contributed by atoms with Crippen molar-refractivity contribution >= 4 is 23.2 Å². The van der Waals surface area contributed by atoms with E-state index in [1.807, 2.05) is 28.8 Å². The molecule has 2 aromatic heterocycles. The van der Waals surface area contributed by atoms with Crippen molar-refractivity contribution in [1.82, 2.24) is 14.8 Å². The molecule has 0 aliphatic carbocycles. The summed E-state index contributed by atoms with van der Waals surface area (Å²) in [6.45, 7) is 9.03. The van der Waals surface area contributed by atoms with Crippen molar-refractivity contribution < 1.29 is 9.53 Å². The standard InChI is InChI=1S/C21H30N6O2/c1-15(2)20-17(21(25(3)24-20)26-9-11-29-12-10-26)14-23-18-7-6-16(13-22-18)27-8-4-5-19(27)28/h6-7,13,15H,4-5,8-12,14H2,1-3H3,(H,22,23). The fraction of sp³-hybridized carbons (Fsp3) is 0.571. The van der Waals surface area contributed by atoms with Crippen molar-refractivity contribution in [2.24, 2.45) is 7.05 Å². The first-order chi connectivity index (χ1) is 14.0. The molecule has 2 saturated heterocycles. The first-order valence-corrected chi connectivity index (χ1v) is 10.4. The minimum Gasteiger partial charge on any atom is -0.378 e. The van der Waals surface area contributed by atoms with Crippen molar-refractivity contribution in [2.45, 2.75) is 39.2 Å². The molecule has 2 fully saturated rings. The molecule has 8 heteroatoms. The third-order valence-corrected chi connectivity index (χ3v) is 5.58. The Hall–Kier alpha value is -2.61. The molecule has 0 atom stereocenters. The Morgan fingerprint density at radius 3 is 2.62 bits per heavy atom. The Balaban J connectivity index is 1.52. The van der Waals surface area contributed by atoms with Crippen molar-refractivity contribution in [3.63, 3.8) is 0 Å². The average Bonchev–Trinajstić information content (AvgIpc) is 3.30. The summed E-state index contributed by atoms with van der Waals surface area (Å²) in [6.07, 6.45) is 3.33. The Labute approximate surface area is 171 Å². The molecule has 0 radical (unpaired) electrons. The summed E-state index contributed by atoms with van der Waals surface area (Å²) in [5.41, 5.74) is 3.20. The first kappa shape index (κ1) is 19.7. The number of aromatic nitrogens is 3. The largest absolute Gasteiger partial charge is 0.378 e. The number of nitrogens with one attached hydrogen (secondary N) is 1. The molecule has 29 heavy (non-hydrogen) atoms. The van der Waals surface area contributed by atoms with Gasteiger partial charge in [0.1, 0.15) is 11.6 Å². The van der Waals surface area contributed by atoms with E-state index in [2.05, 4.69) is 29.0 Å². The predicted octanol–water partition coefficient (Wildman–Crippen LogP) is 2.51. The number of nitrogens with zero attached hydrogens (tertiary/aromatic N) is 5. The van der Waals surface area contributed by atoms with Crippen LogP contribution in [-0.2, 0) is 23.1 Å². The normalized spacial score (nSPS) is 17.4. The second kappa shape index (κ2) is 8.41. The lowest BCUT2D eigenvalue weighted by Crippen LogP contribution is -2.38. The monoisotopic (exact) mass is 398 g/mol. The highest BCUT2D eigenvalue weighted by atomic mass is 16.5. The van der Waals surface area contributed by atoms with Crippen molar-refractivity contribution in [3.05, 3.63) is 29.6 Å². The van der Waals surface area contributed by atoms with E-state index in [0.29, 0.717) is 18.9 Å². The highest BCUT2D eigenvalue weighted by Crippen LogP contribution is 2.30. The van der Waals surface area contributed by atoms with Gasteiger partial charge in [0.05, 0.1) is 30.8 Å². The van der Waals surface area contributed by atoms with E-state index in [-0.39, 0.29) is 5.91 Å². The summed E-state index contributed by atoms with van der Waals surface area (Å²) < 4.78 is 7.51. The van der Waals surface area contributed by atoms with E-state index < -0.39 is 0 Å². The van der Waals surface area contributed by atoms with Gasteiger partial charge in [-0.25, -0.2) is 4.98 Å². The maximum Gasteiger partial charge on any atom is 0.227 e. The third-order valence-electron chi connectivity index (χ3n) is 5.58. The van der Waals surface area contributed by atoms with E-state index in [1.54, 1.807) is 6.20 Å².